The van der Waals surface area contributed by atoms with Crippen molar-refractivity contribution in [1.82, 2.24) is 0 Å². The van der Waals surface area contributed by atoms with Crippen LogP contribution < -0.4 is 0 Å². The molecule has 184 valence electrons. The molecule has 1 aromatic rings. The summed E-state index contributed by atoms with van der Waals surface area (Å²) in [4.78, 5) is 38.3. The van der Waals surface area contributed by atoms with E-state index in [2.05, 4.69) is 34.6 Å². The molecule has 0 radical (unpaired) electrons. The third kappa shape index (κ3) is 2.96. The van der Waals surface area contributed by atoms with E-state index in [9.17, 15) is 14.4 Å². The summed E-state index contributed by atoms with van der Waals surface area (Å²) in [7, 11) is 0. The fraction of sp³-hybridized carbons (Fsp3) is 0.679. The third-order valence-electron chi connectivity index (χ3n) is 10.3. The van der Waals surface area contributed by atoms with E-state index < -0.39 is 28.5 Å². The number of ketones is 1. The molecule has 6 nitrogen and oxygen atoms in total. The Morgan fingerprint density at radius 3 is 2.47 bits per heavy atom. The van der Waals surface area contributed by atoms with Gasteiger partial charge in [-0.05, 0) is 54.6 Å². The molecule has 2 heterocycles. The zero-order valence-electron chi connectivity index (χ0n) is 21.1. The van der Waals surface area contributed by atoms with Crippen LogP contribution in [0.1, 0.15) is 85.3 Å². The molecule has 1 aromatic heterocycles. The van der Waals surface area contributed by atoms with Crippen LogP contribution in [0.15, 0.2) is 34.7 Å². The number of rotatable bonds is 2. The molecule has 7 atom stereocenters. The highest BCUT2D eigenvalue weighted by Crippen LogP contribution is 2.72. The molecule has 34 heavy (non-hydrogen) atoms. The molecule has 0 saturated heterocycles. The quantitative estimate of drug-likeness (QED) is 0.528. The largest absolute Gasteiger partial charge is 0.472 e. The van der Waals surface area contributed by atoms with Gasteiger partial charge in [-0.2, -0.15) is 0 Å². The summed E-state index contributed by atoms with van der Waals surface area (Å²) in [6.07, 6.45) is 7.81. The SMILES string of the molecule is CC(=O)OC1CC2C(C)(C)C(=O)CC[C@]2(C)C2CC[C@]3(C)C(=CC(=O)OC3c3ccoc3)[C@]12C. The van der Waals surface area contributed by atoms with E-state index in [-0.39, 0.29) is 29.2 Å². The Morgan fingerprint density at radius 2 is 1.82 bits per heavy atom. The standard InChI is InChI=1S/C28H36O6/c1-16(29)33-22-13-19-25(2,3)21(30)8-11-26(19,4)18-7-10-27(5)20(28(18,22)6)14-23(31)34-24(27)17-9-12-32-15-17/h9,12,14-15,18-19,22,24H,7-8,10-11,13H2,1-6H3/t18?,19?,22?,24?,26-,27-,28-/m1/s1. The van der Waals surface area contributed by atoms with Gasteiger partial charge in [0, 0.05) is 41.2 Å². The molecule has 3 aliphatic carbocycles. The highest BCUT2D eigenvalue weighted by atomic mass is 16.6. The van der Waals surface area contributed by atoms with E-state index in [1.165, 1.54) is 6.92 Å². The first-order chi connectivity index (χ1) is 15.8. The number of esters is 2. The minimum Gasteiger partial charge on any atom is -0.472 e. The predicted octanol–water partition coefficient (Wildman–Crippen LogP) is 5.57. The molecule has 4 unspecified atom stereocenters. The van der Waals surface area contributed by atoms with Gasteiger partial charge < -0.3 is 13.9 Å². The zero-order chi connectivity index (χ0) is 24.7. The smallest absolute Gasteiger partial charge is 0.331 e. The first-order valence-corrected chi connectivity index (χ1v) is 12.5. The van der Waals surface area contributed by atoms with Crippen molar-refractivity contribution in [2.24, 2.45) is 33.5 Å². The van der Waals surface area contributed by atoms with Gasteiger partial charge in [0.2, 0.25) is 0 Å². The summed E-state index contributed by atoms with van der Waals surface area (Å²) < 4.78 is 17.3. The fourth-order valence-corrected chi connectivity index (χ4v) is 8.65. The van der Waals surface area contributed by atoms with E-state index in [0.29, 0.717) is 18.6 Å². The monoisotopic (exact) mass is 468 g/mol. The van der Waals surface area contributed by atoms with Crippen LogP contribution in [0.25, 0.3) is 0 Å². The molecule has 0 amide bonds. The van der Waals surface area contributed by atoms with Crippen molar-refractivity contribution < 1.29 is 28.3 Å². The van der Waals surface area contributed by atoms with Gasteiger partial charge in [0.15, 0.2) is 0 Å². The zero-order valence-corrected chi connectivity index (χ0v) is 21.1. The Morgan fingerprint density at radius 1 is 1.09 bits per heavy atom. The first kappa shape index (κ1) is 23.4. The van der Waals surface area contributed by atoms with Gasteiger partial charge in [-0.15, -0.1) is 0 Å². The number of hydrogen-bond donors (Lipinski definition) is 0. The summed E-state index contributed by atoms with van der Waals surface area (Å²) in [5.74, 6) is -0.124. The van der Waals surface area contributed by atoms with E-state index in [1.807, 2.05) is 6.07 Å². The van der Waals surface area contributed by atoms with Gasteiger partial charge >= 0.3 is 11.9 Å². The molecule has 1 aliphatic heterocycles. The average molecular weight is 469 g/mol. The van der Waals surface area contributed by atoms with E-state index in [1.54, 1.807) is 18.6 Å². The van der Waals surface area contributed by atoms with Crippen molar-refractivity contribution in [2.75, 3.05) is 0 Å². The Balaban J connectivity index is 1.68. The summed E-state index contributed by atoms with van der Waals surface area (Å²) in [6, 6.07) is 1.86. The van der Waals surface area contributed by atoms with E-state index in [4.69, 9.17) is 13.9 Å². The Labute approximate surface area is 201 Å². The van der Waals surface area contributed by atoms with Crippen molar-refractivity contribution in [3.05, 3.63) is 35.8 Å². The van der Waals surface area contributed by atoms with Gasteiger partial charge in [-0.3, -0.25) is 9.59 Å². The number of ether oxygens (including phenoxy) is 2. The molecule has 0 N–H and O–H groups in total. The summed E-state index contributed by atoms with van der Waals surface area (Å²) in [5.41, 5.74) is 0.299. The lowest BCUT2D eigenvalue weighted by Gasteiger charge is -2.68. The predicted molar refractivity (Wildman–Crippen MR) is 124 cm³/mol. The summed E-state index contributed by atoms with van der Waals surface area (Å²) in [5, 5.41) is 0. The highest BCUT2D eigenvalue weighted by Gasteiger charge is 2.69. The van der Waals surface area contributed by atoms with Gasteiger partial charge in [0.25, 0.3) is 0 Å². The molecule has 4 aliphatic rings. The Hall–Kier alpha value is -2.37. The lowest BCUT2D eigenvalue weighted by molar-refractivity contribution is -0.210. The van der Waals surface area contributed by atoms with Crippen molar-refractivity contribution in [3.63, 3.8) is 0 Å². The normalized spacial score (nSPS) is 43.1. The van der Waals surface area contributed by atoms with Gasteiger partial charge in [-0.1, -0.05) is 34.6 Å². The Bertz CT molecular complexity index is 1070. The molecule has 6 heteroatoms. The lowest BCUT2D eigenvalue weighted by atomic mass is 9.37. The lowest BCUT2D eigenvalue weighted by Crippen LogP contribution is -2.66. The van der Waals surface area contributed by atoms with Crippen LogP contribution in [-0.4, -0.2) is 23.8 Å². The fourth-order valence-electron chi connectivity index (χ4n) is 8.65. The van der Waals surface area contributed by atoms with Crippen molar-refractivity contribution in [2.45, 2.75) is 85.9 Å². The Kier molecular flexibility index (Phi) is 5.03. The maximum atomic E-state index is 13.0. The molecular weight excluding hydrogens is 432 g/mol. The van der Waals surface area contributed by atoms with Crippen LogP contribution in [0.5, 0.6) is 0 Å². The van der Waals surface area contributed by atoms with E-state index in [0.717, 1.165) is 30.4 Å². The van der Waals surface area contributed by atoms with Crippen LogP contribution in [0.3, 0.4) is 0 Å². The van der Waals surface area contributed by atoms with Gasteiger partial charge in [-0.25, -0.2) is 4.79 Å². The van der Waals surface area contributed by atoms with Gasteiger partial charge in [0.1, 0.15) is 18.0 Å². The minimum absolute atomic E-state index is 0.0997. The van der Waals surface area contributed by atoms with Crippen LogP contribution in [0.2, 0.25) is 0 Å². The second kappa shape index (κ2) is 7.32. The molecule has 0 bridgehead atoms. The number of cyclic esters (lactones) is 1. The van der Waals surface area contributed by atoms with Crippen molar-refractivity contribution in [3.8, 4) is 0 Å². The van der Waals surface area contributed by atoms with Crippen LogP contribution in [0.4, 0.5) is 0 Å². The molecule has 0 spiro atoms. The molecule has 3 saturated carbocycles. The highest BCUT2D eigenvalue weighted by molar-refractivity contribution is 5.86. The summed E-state index contributed by atoms with van der Waals surface area (Å²) in [6.45, 7) is 12.2. The van der Waals surface area contributed by atoms with Crippen LogP contribution in [0, 0.1) is 33.5 Å². The maximum absolute atomic E-state index is 13.0. The summed E-state index contributed by atoms with van der Waals surface area (Å²) >= 11 is 0. The average Bonchev–Trinajstić information content (AvgIpc) is 3.28. The number of Topliss-reactive ketones (excluding diaryl/α,β-unsaturated/α-hetero) is 1. The van der Waals surface area contributed by atoms with Crippen LogP contribution >= 0.6 is 0 Å². The first-order valence-electron chi connectivity index (χ1n) is 12.5. The minimum atomic E-state index is -0.540. The van der Waals surface area contributed by atoms with E-state index >= 15 is 0 Å². The van der Waals surface area contributed by atoms with Crippen molar-refractivity contribution in [1.29, 1.82) is 0 Å². The second-order valence-corrected chi connectivity index (χ2v) is 12.3. The number of carbonyl (C=O) groups is 3. The van der Waals surface area contributed by atoms with Crippen LogP contribution in [-0.2, 0) is 23.9 Å². The molecule has 5 rings (SSSR count). The van der Waals surface area contributed by atoms with Gasteiger partial charge in [0.05, 0.1) is 12.5 Å². The number of hydrogen-bond acceptors (Lipinski definition) is 6. The molecular formula is C28H36O6. The number of carbonyl (C=O) groups excluding carboxylic acids is 3. The number of furan rings is 1. The number of fused-ring (bicyclic) bond motifs is 5. The second-order valence-electron chi connectivity index (χ2n) is 12.3. The maximum Gasteiger partial charge on any atom is 0.331 e. The third-order valence-corrected chi connectivity index (χ3v) is 10.3. The molecule has 3 fully saturated rings. The molecule has 0 aromatic carbocycles. The topological polar surface area (TPSA) is 82.8 Å². The van der Waals surface area contributed by atoms with Crippen molar-refractivity contribution >= 4 is 17.7 Å².